The molecule has 6 nitrogen and oxygen atoms in total. The predicted octanol–water partition coefficient (Wildman–Crippen LogP) is 3.72. The topological polar surface area (TPSA) is 67.2 Å². The SMILES string of the molecule is CCCNC(=O)CN1C(=O)CS[C@H](c2cccc(C)c2)c2c(C(C)(C)C)nn(C)c21. The van der Waals surface area contributed by atoms with Crippen LogP contribution < -0.4 is 10.2 Å². The number of nitrogens with one attached hydrogen (secondary N) is 1. The van der Waals surface area contributed by atoms with Crippen LogP contribution in [0.2, 0.25) is 0 Å². The van der Waals surface area contributed by atoms with E-state index in [-0.39, 0.29) is 29.0 Å². The van der Waals surface area contributed by atoms with Gasteiger partial charge in [0.1, 0.15) is 12.4 Å². The van der Waals surface area contributed by atoms with E-state index in [1.165, 1.54) is 5.56 Å². The molecule has 7 heteroatoms. The Bertz CT molecular complexity index is 945. The maximum absolute atomic E-state index is 13.1. The van der Waals surface area contributed by atoms with Gasteiger partial charge >= 0.3 is 0 Å². The Labute approximate surface area is 183 Å². The molecule has 0 unspecified atom stereocenters. The molecule has 0 bridgehead atoms. The summed E-state index contributed by atoms with van der Waals surface area (Å²) >= 11 is 1.61. The number of aryl methyl sites for hydroxylation is 2. The molecule has 0 saturated heterocycles. The third-order valence-electron chi connectivity index (χ3n) is 5.17. The maximum atomic E-state index is 13.1. The fraction of sp³-hybridized carbons (Fsp3) is 0.522. The molecule has 1 N–H and O–H groups in total. The lowest BCUT2D eigenvalue weighted by molar-refractivity contribution is -0.122. The van der Waals surface area contributed by atoms with E-state index in [2.05, 4.69) is 57.3 Å². The molecule has 1 aromatic heterocycles. The van der Waals surface area contributed by atoms with Gasteiger partial charge < -0.3 is 5.32 Å². The monoisotopic (exact) mass is 428 g/mol. The van der Waals surface area contributed by atoms with Crippen molar-refractivity contribution in [2.45, 2.75) is 51.7 Å². The van der Waals surface area contributed by atoms with Crippen LogP contribution in [-0.4, -0.2) is 40.4 Å². The lowest BCUT2D eigenvalue weighted by Gasteiger charge is -2.24. The minimum Gasteiger partial charge on any atom is -0.355 e. The van der Waals surface area contributed by atoms with E-state index in [0.717, 1.165) is 29.1 Å². The van der Waals surface area contributed by atoms with Crippen LogP contribution in [0.4, 0.5) is 5.82 Å². The van der Waals surface area contributed by atoms with Crippen LogP contribution in [0, 0.1) is 6.92 Å². The van der Waals surface area contributed by atoms with Crippen LogP contribution in [0.25, 0.3) is 0 Å². The van der Waals surface area contributed by atoms with Crippen molar-refractivity contribution in [3.8, 4) is 0 Å². The fourth-order valence-corrected chi connectivity index (χ4v) is 4.99. The normalized spacial score (nSPS) is 16.9. The van der Waals surface area contributed by atoms with Crippen LogP contribution in [0.15, 0.2) is 24.3 Å². The minimum absolute atomic E-state index is 0.00997. The van der Waals surface area contributed by atoms with Gasteiger partial charge in [-0.2, -0.15) is 5.10 Å². The zero-order valence-electron chi connectivity index (χ0n) is 18.8. The van der Waals surface area contributed by atoms with E-state index in [1.807, 2.05) is 14.0 Å². The number of carbonyl (C=O) groups is 2. The summed E-state index contributed by atoms with van der Waals surface area (Å²) in [7, 11) is 1.86. The minimum atomic E-state index is -0.197. The highest BCUT2D eigenvalue weighted by atomic mass is 32.2. The number of rotatable bonds is 5. The zero-order chi connectivity index (χ0) is 22.1. The number of hydrogen-bond donors (Lipinski definition) is 1. The van der Waals surface area contributed by atoms with E-state index in [9.17, 15) is 9.59 Å². The molecule has 1 aromatic carbocycles. The Morgan fingerprint density at radius 3 is 2.70 bits per heavy atom. The average molecular weight is 429 g/mol. The maximum Gasteiger partial charge on any atom is 0.240 e. The van der Waals surface area contributed by atoms with Gasteiger partial charge in [-0.3, -0.25) is 19.2 Å². The number of fused-ring (bicyclic) bond motifs is 1. The number of amides is 2. The van der Waals surface area contributed by atoms with Crippen molar-refractivity contribution in [3.05, 3.63) is 46.6 Å². The molecule has 30 heavy (non-hydrogen) atoms. The van der Waals surface area contributed by atoms with Crippen molar-refractivity contribution in [2.75, 3.05) is 23.7 Å². The fourth-order valence-electron chi connectivity index (χ4n) is 3.80. The molecule has 3 rings (SSSR count). The Morgan fingerprint density at radius 1 is 1.33 bits per heavy atom. The first kappa shape index (κ1) is 22.4. The summed E-state index contributed by atoms with van der Waals surface area (Å²) in [4.78, 5) is 27.2. The molecule has 2 aromatic rings. The number of nitrogens with zero attached hydrogens (tertiary/aromatic N) is 3. The molecule has 1 aliphatic heterocycles. The second kappa shape index (κ2) is 8.84. The van der Waals surface area contributed by atoms with Gasteiger partial charge in [0, 0.05) is 24.6 Å². The summed E-state index contributed by atoms with van der Waals surface area (Å²) in [6, 6.07) is 8.42. The zero-order valence-corrected chi connectivity index (χ0v) is 19.6. The molecule has 162 valence electrons. The summed E-state index contributed by atoms with van der Waals surface area (Å²) < 4.78 is 1.77. The van der Waals surface area contributed by atoms with E-state index in [1.54, 1.807) is 21.3 Å². The van der Waals surface area contributed by atoms with Gasteiger partial charge in [-0.25, -0.2) is 0 Å². The van der Waals surface area contributed by atoms with Gasteiger partial charge in [0.25, 0.3) is 0 Å². The molecule has 0 radical (unpaired) electrons. The lowest BCUT2D eigenvalue weighted by atomic mass is 9.87. The van der Waals surface area contributed by atoms with Gasteiger partial charge in [-0.05, 0) is 18.9 Å². The highest BCUT2D eigenvalue weighted by Crippen LogP contribution is 2.47. The Kier molecular flexibility index (Phi) is 6.60. The first-order valence-corrected chi connectivity index (χ1v) is 11.5. The van der Waals surface area contributed by atoms with Crippen molar-refractivity contribution >= 4 is 29.4 Å². The number of carbonyl (C=O) groups excluding carboxylic acids is 2. The van der Waals surface area contributed by atoms with Gasteiger partial charge in [-0.15, -0.1) is 11.8 Å². The van der Waals surface area contributed by atoms with E-state index in [4.69, 9.17) is 5.10 Å². The molecule has 0 aliphatic carbocycles. The second-order valence-electron chi connectivity index (χ2n) is 8.89. The van der Waals surface area contributed by atoms with E-state index >= 15 is 0 Å². The second-order valence-corrected chi connectivity index (χ2v) is 9.99. The third-order valence-corrected chi connectivity index (χ3v) is 6.43. The number of aromatic nitrogens is 2. The molecule has 0 fully saturated rings. The standard InChI is InChI=1S/C23H32N4O2S/c1-7-11-24-17(28)13-27-18(29)14-30-20(16-10-8-9-15(2)12-16)19-21(23(3,4)5)25-26(6)22(19)27/h8-10,12,20H,7,11,13-14H2,1-6H3,(H,24,28)/t20-/m1/s1. The van der Waals surface area contributed by atoms with Crippen molar-refractivity contribution in [1.29, 1.82) is 0 Å². The van der Waals surface area contributed by atoms with Crippen LogP contribution in [0.1, 0.15) is 61.7 Å². The van der Waals surface area contributed by atoms with Crippen LogP contribution >= 0.6 is 11.8 Å². The lowest BCUT2D eigenvalue weighted by Crippen LogP contribution is -2.42. The van der Waals surface area contributed by atoms with Gasteiger partial charge in [0.05, 0.1) is 16.7 Å². The van der Waals surface area contributed by atoms with Crippen molar-refractivity contribution in [1.82, 2.24) is 15.1 Å². The van der Waals surface area contributed by atoms with Crippen molar-refractivity contribution < 1.29 is 9.59 Å². The number of hydrogen-bond acceptors (Lipinski definition) is 4. The first-order chi connectivity index (χ1) is 14.1. The highest BCUT2D eigenvalue weighted by molar-refractivity contribution is 8.00. The Balaban J connectivity index is 2.16. The van der Waals surface area contributed by atoms with Crippen LogP contribution in [0.3, 0.4) is 0 Å². The van der Waals surface area contributed by atoms with Gasteiger partial charge in [0.15, 0.2) is 0 Å². The third kappa shape index (κ3) is 4.56. The molecule has 0 saturated carbocycles. The summed E-state index contributed by atoms with van der Waals surface area (Å²) in [5.74, 6) is 0.839. The molecular weight excluding hydrogens is 396 g/mol. The van der Waals surface area contributed by atoms with Gasteiger partial charge in [-0.1, -0.05) is 57.5 Å². The highest BCUT2D eigenvalue weighted by Gasteiger charge is 2.38. The van der Waals surface area contributed by atoms with E-state index < -0.39 is 0 Å². The molecule has 2 amide bonds. The summed E-state index contributed by atoms with van der Waals surface area (Å²) in [5, 5.41) is 7.71. The van der Waals surface area contributed by atoms with Gasteiger partial charge in [0.2, 0.25) is 11.8 Å². The number of benzene rings is 1. The van der Waals surface area contributed by atoms with Crippen molar-refractivity contribution in [2.24, 2.45) is 7.05 Å². The van der Waals surface area contributed by atoms with Crippen molar-refractivity contribution in [3.63, 3.8) is 0 Å². The molecule has 1 aliphatic rings. The quantitative estimate of drug-likeness (QED) is 0.788. The summed E-state index contributed by atoms with van der Waals surface area (Å²) in [6.07, 6.45) is 0.857. The average Bonchev–Trinajstić information content (AvgIpc) is 2.94. The summed E-state index contributed by atoms with van der Waals surface area (Å²) in [6.45, 7) is 11.1. The Hall–Kier alpha value is -2.28. The number of anilines is 1. The smallest absolute Gasteiger partial charge is 0.240 e. The summed E-state index contributed by atoms with van der Waals surface area (Å²) in [5.41, 5.74) is 4.15. The number of thioether (sulfide) groups is 1. The Morgan fingerprint density at radius 2 is 2.07 bits per heavy atom. The molecule has 0 spiro atoms. The molecular formula is C23H32N4O2S. The largest absolute Gasteiger partial charge is 0.355 e. The van der Waals surface area contributed by atoms with Crippen LogP contribution in [0.5, 0.6) is 0 Å². The first-order valence-electron chi connectivity index (χ1n) is 10.5. The predicted molar refractivity (Wildman–Crippen MR) is 123 cm³/mol. The van der Waals surface area contributed by atoms with E-state index in [0.29, 0.717) is 12.3 Å². The molecule has 1 atom stereocenters. The molecule has 2 heterocycles. The van der Waals surface area contributed by atoms with Crippen LogP contribution in [-0.2, 0) is 22.1 Å².